The Labute approximate surface area is 126 Å². The Morgan fingerprint density at radius 1 is 1.29 bits per heavy atom. The van der Waals surface area contributed by atoms with E-state index in [-0.39, 0.29) is 0 Å². The van der Waals surface area contributed by atoms with Gasteiger partial charge in [-0.25, -0.2) is 0 Å². The van der Waals surface area contributed by atoms with Gasteiger partial charge in [0.1, 0.15) is 0 Å². The molecule has 1 aliphatic rings. The van der Waals surface area contributed by atoms with Crippen LogP contribution in [0.2, 0.25) is 0 Å². The van der Waals surface area contributed by atoms with Crippen LogP contribution >= 0.6 is 0 Å². The molecule has 3 rings (SSSR count). The molecule has 1 unspecified atom stereocenters. The molecule has 2 N–H and O–H groups in total. The predicted molar refractivity (Wildman–Crippen MR) is 86.5 cm³/mol. The number of aryl methyl sites for hydroxylation is 2. The fourth-order valence-corrected chi connectivity index (χ4v) is 3.11. The third kappa shape index (κ3) is 3.27. The molecule has 0 spiro atoms. The number of hydrogen-bond donors (Lipinski definition) is 2. The molecule has 1 aromatic heterocycles. The molecule has 1 aliphatic heterocycles. The number of para-hydroxylation sites is 1. The van der Waals surface area contributed by atoms with Crippen molar-refractivity contribution in [1.29, 1.82) is 0 Å². The number of anilines is 1. The molecule has 1 fully saturated rings. The number of aromatic amines is 1. The maximum Gasteiger partial charge on any atom is 0.0638 e. The average Bonchev–Trinajstić information content (AvgIpc) is 3.10. The molecule has 0 radical (unpaired) electrons. The summed E-state index contributed by atoms with van der Waals surface area (Å²) < 4.78 is 0. The van der Waals surface area contributed by atoms with E-state index in [4.69, 9.17) is 0 Å². The molecule has 0 aliphatic carbocycles. The molecule has 2 heterocycles. The fourth-order valence-electron chi connectivity index (χ4n) is 3.11. The van der Waals surface area contributed by atoms with Gasteiger partial charge >= 0.3 is 0 Å². The fraction of sp³-hybridized carbons (Fsp3) is 0.471. The van der Waals surface area contributed by atoms with Crippen molar-refractivity contribution < 1.29 is 0 Å². The van der Waals surface area contributed by atoms with E-state index in [2.05, 4.69) is 64.6 Å². The summed E-state index contributed by atoms with van der Waals surface area (Å²) >= 11 is 0. The minimum absolute atomic E-state index is 0.734. The maximum atomic E-state index is 4.25. The lowest BCUT2D eigenvalue weighted by Gasteiger charge is -2.18. The van der Waals surface area contributed by atoms with Gasteiger partial charge in [0, 0.05) is 43.1 Å². The Bertz CT molecular complexity index is 556. The van der Waals surface area contributed by atoms with Crippen LogP contribution in [0.5, 0.6) is 0 Å². The maximum absolute atomic E-state index is 4.25. The molecule has 4 heteroatoms. The first-order valence-electron chi connectivity index (χ1n) is 7.75. The van der Waals surface area contributed by atoms with Crippen LogP contribution in [0.15, 0.2) is 30.3 Å². The van der Waals surface area contributed by atoms with Crippen molar-refractivity contribution in [2.45, 2.75) is 26.8 Å². The average molecular weight is 284 g/mol. The van der Waals surface area contributed by atoms with E-state index in [0.717, 1.165) is 31.2 Å². The Hall–Kier alpha value is -1.81. The minimum atomic E-state index is 0.734. The summed E-state index contributed by atoms with van der Waals surface area (Å²) in [6.07, 6.45) is 1.27. The number of benzene rings is 1. The largest absolute Gasteiger partial charge is 0.371 e. The van der Waals surface area contributed by atoms with Gasteiger partial charge < -0.3 is 10.2 Å². The Morgan fingerprint density at radius 3 is 2.81 bits per heavy atom. The molecule has 1 atom stereocenters. The summed E-state index contributed by atoms with van der Waals surface area (Å²) in [6.45, 7) is 8.46. The van der Waals surface area contributed by atoms with Gasteiger partial charge in [0.25, 0.3) is 0 Å². The first-order valence-corrected chi connectivity index (χ1v) is 7.75. The Kier molecular flexibility index (Phi) is 4.25. The van der Waals surface area contributed by atoms with Gasteiger partial charge in [0.05, 0.1) is 5.69 Å². The number of rotatable bonds is 5. The molecule has 21 heavy (non-hydrogen) atoms. The van der Waals surface area contributed by atoms with Crippen LogP contribution in [0.25, 0.3) is 0 Å². The lowest BCUT2D eigenvalue weighted by molar-refractivity contribution is 0.515. The highest BCUT2D eigenvalue weighted by Gasteiger charge is 2.22. The second-order valence-electron chi connectivity index (χ2n) is 5.98. The molecular formula is C17H24N4. The van der Waals surface area contributed by atoms with Crippen LogP contribution in [-0.4, -0.2) is 29.8 Å². The van der Waals surface area contributed by atoms with Crippen LogP contribution in [0.3, 0.4) is 0 Å². The van der Waals surface area contributed by atoms with E-state index < -0.39 is 0 Å². The highest BCUT2D eigenvalue weighted by molar-refractivity contribution is 5.46. The van der Waals surface area contributed by atoms with Crippen molar-refractivity contribution in [1.82, 2.24) is 15.5 Å². The third-order valence-electron chi connectivity index (χ3n) is 4.42. The van der Waals surface area contributed by atoms with Crippen LogP contribution in [0, 0.1) is 19.8 Å². The van der Waals surface area contributed by atoms with E-state index in [0.29, 0.717) is 0 Å². The molecule has 1 saturated heterocycles. The first kappa shape index (κ1) is 14.1. The van der Waals surface area contributed by atoms with Crippen molar-refractivity contribution in [3.8, 4) is 0 Å². The van der Waals surface area contributed by atoms with Gasteiger partial charge in [-0.3, -0.25) is 5.10 Å². The molecule has 4 nitrogen and oxygen atoms in total. The lowest BCUT2D eigenvalue weighted by Crippen LogP contribution is -2.26. The number of aromatic nitrogens is 2. The summed E-state index contributed by atoms with van der Waals surface area (Å²) in [4.78, 5) is 2.49. The van der Waals surface area contributed by atoms with Gasteiger partial charge in [-0.1, -0.05) is 18.2 Å². The topological polar surface area (TPSA) is 44.0 Å². The normalized spacial score (nSPS) is 18.4. The standard InChI is InChI=1S/C17H24N4/c1-13-17(14(2)20-19-13)11-18-10-15-8-9-21(12-15)16-6-4-3-5-7-16/h3-7,15,18H,8-12H2,1-2H3,(H,19,20). The summed E-state index contributed by atoms with van der Waals surface area (Å²) in [7, 11) is 0. The van der Waals surface area contributed by atoms with E-state index in [9.17, 15) is 0 Å². The van der Waals surface area contributed by atoms with E-state index in [1.54, 1.807) is 0 Å². The van der Waals surface area contributed by atoms with Crippen LogP contribution in [0.4, 0.5) is 5.69 Å². The molecular weight excluding hydrogens is 260 g/mol. The zero-order valence-electron chi connectivity index (χ0n) is 12.9. The molecule has 112 valence electrons. The van der Waals surface area contributed by atoms with E-state index >= 15 is 0 Å². The molecule has 1 aromatic carbocycles. The van der Waals surface area contributed by atoms with Crippen molar-refractivity contribution in [2.75, 3.05) is 24.5 Å². The van der Waals surface area contributed by atoms with Crippen molar-refractivity contribution in [2.24, 2.45) is 5.92 Å². The summed E-state index contributed by atoms with van der Waals surface area (Å²) in [5, 5.41) is 10.9. The quantitative estimate of drug-likeness (QED) is 0.887. The van der Waals surface area contributed by atoms with E-state index in [1.807, 2.05) is 0 Å². The van der Waals surface area contributed by atoms with Gasteiger partial charge in [-0.05, 0) is 38.3 Å². The monoisotopic (exact) mass is 284 g/mol. The zero-order chi connectivity index (χ0) is 14.7. The smallest absolute Gasteiger partial charge is 0.0638 e. The van der Waals surface area contributed by atoms with E-state index in [1.165, 1.54) is 29.9 Å². The van der Waals surface area contributed by atoms with Crippen molar-refractivity contribution in [3.63, 3.8) is 0 Å². The van der Waals surface area contributed by atoms with Crippen LogP contribution < -0.4 is 10.2 Å². The molecule has 0 amide bonds. The molecule has 2 aromatic rings. The van der Waals surface area contributed by atoms with Crippen LogP contribution in [0.1, 0.15) is 23.4 Å². The lowest BCUT2D eigenvalue weighted by atomic mass is 10.1. The van der Waals surface area contributed by atoms with Gasteiger partial charge in [0.2, 0.25) is 0 Å². The van der Waals surface area contributed by atoms with Crippen LogP contribution in [-0.2, 0) is 6.54 Å². The minimum Gasteiger partial charge on any atom is -0.371 e. The Balaban J connectivity index is 1.47. The van der Waals surface area contributed by atoms with Gasteiger partial charge in [-0.2, -0.15) is 5.10 Å². The SMILES string of the molecule is Cc1n[nH]c(C)c1CNCC1CCN(c2ccccc2)C1. The van der Waals surface area contributed by atoms with Gasteiger partial charge in [0.15, 0.2) is 0 Å². The zero-order valence-corrected chi connectivity index (χ0v) is 12.9. The highest BCUT2D eigenvalue weighted by Crippen LogP contribution is 2.23. The number of hydrogen-bond acceptors (Lipinski definition) is 3. The first-order chi connectivity index (χ1) is 10.2. The number of H-pyrrole nitrogens is 1. The Morgan fingerprint density at radius 2 is 2.10 bits per heavy atom. The highest BCUT2D eigenvalue weighted by atomic mass is 15.2. The van der Waals surface area contributed by atoms with Gasteiger partial charge in [-0.15, -0.1) is 0 Å². The second-order valence-corrected chi connectivity index (χ2v) is 5.98. The summed E-state index contributed by atoms with van der Waals surface area (Å²) in [5.74, 6) is 0.734. The predicted octanol–water partition coefficient (Wildman–Crippen LogP) is 2.64. The molecule has 0 saturated carbocycles. The van der Waals surface area contributed by atoms with Crippen molar-refractivity contribution in [3.05, 3.63) is 47.3 Å². The second kappa shape index (κ2) is 6.31. The summed E-state index contributed by atoms with van der Waals surface area (Å²) in [6, 6.07) is 10.7. The third-order valence-corrected chi connectivity index (χ3v) is 4.42. The molecule has 0 bridgehead atoms. The van der Waals surface area contributed by atoms with Crippen molar-refractivity contribution >= 4 is 5.69 Å². The number of nitrogens with zero attached hydrogens (tertiary/aromatic N) is 2. The number of nitrogens with one attached hydrogen (secondary N) is 2. The summed E-state index contributed by atoms with van der Waals surface area (Å²) in [5.41, 5.74) is 4.95.